The average molecular weight is 259 g/mol. The van der Waals surface area contributed by atoms with E-state index in [1.54, 1.807) is 6.20 Å². The van der Waals surface area contributed by atoms with Crippen molar-refractivity contribution >= 4 is 28.2 Å². The van der Waals surface area contributed by atoms with Gasteiger partial charge in [-0.3, -0.25) is 4.79 Å². The molecular weight excluding hydrogens is 242 g/mol. The number of carbonyl (C=O) groups is 1. The molecule has 5 heteroatoms. The number of esters is 1. The smallest absolute Gasteiger partial charge is 0.307 e. The summed E-state index contributed by atoms with van der Waals surface area (Å²) in [6.07, 6.45) is 2.01. The lowest BCUT2D eigenvalue weighted by molar-refractivity contribution is -0.140. The molecule has 1 heterocycles. The molecule has 0 saturated heterocycles. The summed E-state index contributed by atoms with van der Waals surface area (Å²) < 4.78 is 4.59. The van der Waals surface area contributed by atoms with E-state index in [2.05, 4.69) is 15.0 Å². The maximum atomic E-state index is 11.1. The Morgan fingerprint density at radius 2 is 2.16 bits per heavy atom. The van der Waals surface area contributed by atoms with E-state index in [4.69, 9.17) is 5.73 Å². The van der Waals surface area contributed by atoms with Gasteiger partial charge in [-0.15, -0.1) is 0 Å². The quantitative estimate of drug-likeness (QED) is 0.649. The third-order valence-electron chi connectivity index (χ3n) is 3.05. The number of fused-ring (bicyclic) bond motifs is 1. The van der Waals surface area contributed by atoms with E-state index in [9.17, 15) is 4.79 Å². The third-order valence-corrected chi connectivity index (χ3v) is 3.05. The molecular formula is C14H17N3O2. The van der Waals surface area contributed by atoms with Gasteiger partial charge in [0.2, 0.25) is 0 Å². The number of anilines is 2. The molecule has 0 unspecified atom stereocenters. The van der Waals surface area contributed by atoms with Gasteiger partial charge in [-0.05, 0) is 18.6 Å². The Morgan fingerprint density at radius 1 is 1.37 bits per heavy atom. The molecule has 0 spiro atoms. The highest BCUT2D eigenvalue weighted by Gasteiger charge is 2.07. The van der Waals surface area contributed by atoms with Crippen LogP contribution >= 0.6 is 0 Å². The fourth-order valence-corrected chi connectivity index (χ4v) is 1.91. The molecule has 0 aliphatic heterocycles. The zero-order valence-electron chi connectivity index (χ0n) is 11.1. The highest BCUT2D eigenvalue weighted by Crippen LogP contribution is 2.28. The Morgan fingerprint density at radius 3 is 2.89 bits per heavy atom. The summed E-state index contributed by atoms with van der Waals surface area (Å²) in [4.78, 5) is 15.3. The van der Waals surface area contributed by atoms with Crippen LogP contribution in [-0.2, 0) is 9.53 Å². The van der Waals surface area contributed by atoms with Gasteiger partial charge in [0.15, 0.2) is 0 Å². The van der Waals surface area contributed by atoms with Crippen molar-refractivity contribution in [3.05, 3.63) is 30.0 Å². The minimum absolute atomic E-state index is 0.247. The van der Waals surface area contributed by atoms with Gasteiger partial charge >= 0.3 is 5.97 Å². The SMILES string of the molecule is COC(=O)CCNc1nccc2c(N)c(C)ccc12. The second-order valence-corrected chi connectivity index (χ2v) is 4.30. The molecule has 100 valence electrons. The Hall–Kier alpha value is -2.30. The van der Waals surface area contributed by atoms with Crippen LogP contribution in [0.25, 0.3) is 10.8 Å². The number of ether oxygens (including phenoxy) is 1. The lowest BCUT2D eigenvalue weighted by Crippen LogP contribution is -2.10. The standard InChI is InChI=1S/C14H17N3O2/c1-9-3-4-11-10(13(9)15)5-7-16-14(11)17-8-6-12(18)19-2/h3-5,7H,6,8,15H2,1-2H3,(H,16,17). The molecule has 0 fully saturated rings. The number of hydrogen-bond donors (Lipinski definition) is 2. The Kier molecular flexibility index (Phi) is 3.85. The zero-order chi connectivity index (χ0) is 13.8. The fourth-order valence-electron chi connectivity index (χ4n) is 1.91. The first-order chi connectivity index (χ1) is 9.13. The van der Waals surface area contributed by atoms with Crippen LogP contribution in [-0.4, -0.2) is 24.6 Å². The van der Waals surface area contributed by atoms with Gasteiger partial charge in [-0.1, -0.05) is 12.1 Å². The summed E-state index contributed by atoms with van der Waals surface area (Å²) in [6, 6.07) is 5.84. The number of nitrogens with two attached hydrogens (primary N) is 1. The van der Waals surface area contributed by atoms with Gasteiger partial charge < -0.3 is 15.8 Å². The summed E-state index contributed by atoms with van der Waals surface area (Å²) in [5.74, 6) is 0.483. The van der Waals surface area contributed by atoms with Crippen LogP contribution in [0, 0.1) is 6.92 Å². The molecule has 3 N–H and O–H groups in total. The molecule has 0 aliphatic carbocycles. The molecule has 1 aromatic heterocycles. The van der Waals surface area contributed by atoms with Gasteiger partial charge in [-0.2, -0.15) is 0 Å². The van der Waals surface area contributed by atoms with Crippen molar-refractivity contribution in [3.63, 3.8) is 0 Å². The number of rotatable bonds is 4. The fraction of sp³-hybridized carbons (Fsp3) is 0.286. The van der Waals surface area contributed by atoms with Crippen molar-refractivity contribution in [2.45, 2.75) is 13.3 Å². The third kappa shape index (κ3) is 2.76. The summed E-state index contributed by atoms with van der Waals surface area (Å²) in [6.45, 7) is 2.45. The molecule has 0 bridgehead atoms. The summed E-state index contributed by atoms with van der Waals surface area (Å²) in [5, 5.41) is 5.05. The molecule has 0 aliphatic rings. The van der Waals surface area contributed by atoms with E-state index >= 15 is 0 Å². The summed E-state index contributed by atoms with van der Waals surface area (Å²) in [7, 11) is 1.38. The first kappa shape index (κ1) is 13.1. The highest BCUT2D eigenvalue weighted by molar-refractivity contribution is 6.00. The molecule has 2 rings (SSSR count). The Balaban J connectivity index is 2.24. The van der Waals surface area contributed by atoms with Crippen molar-refractivity contribution < 1.29 is 9.53 Å². The van der Waals surface area contributed by atoms with E-state index in [1.165, 1.54) is 7.11 Å². The average Bonchev–Trinajstić information content (AvgIpc) is 2.43. The van der Waals surface area contributed by atoms with Crippen LogP contribution in [0.2, 0.25) is 0 Å². The molecule has 2 aromatic rings. The van der Waals surface area contributed by atoms with E-state index in [-0.39, 0.29) is 5.97 Å². The normalized spacial score (nSPS) is 10.4. The van der Waals surface area contributed by atoms with E-state index in [0.717, 1.165) is 27.8 Å². The van der Waals surface area contributed by atoms with Crippen molar-refractivity contribution in [1.29, 1.82) is 0 Å². The van der Waals surface area contributed by atoms with Gasteiger partial charge in [0, 0.05) is 29.2 Å². The molecule has 0 atom stereocenters. The number of aromatic nitrogens is 1. The molecule has 19 heavy (non-hydrogen) atoms. The maximum absolute atomic E-state index is 11.1. The van der Waals surface area contributed by atoms with Crippen LogP contribution in [0.3, 0.4) is 0 Å². The second-order valence-electron chi connectivity index (χ2n) is 4.30. The van der Waals surface area contributed by atoms with Gasteiger partial charge in [0.25, 0.3) is 0 Å². The summed E-state index contributed by atoms with van der Waals surface area (Å²) >= 11 is 0. The lowest BCUT2D eigenvalue weighted by Gasteiger charge is -2.10. The van der Waals surface area contributed by atoms with Crippen LogP contribution in [0.5, 0.6) is 0 Å². The molecule has 0 saturated carbocycles. The van der Waals surface area contributed by atoms with E-state index in [0.29, 0.717) is 13.0 Å². The molecule has 0 amide bonds. The first-order valence-corrected chi connectivity index (χ1v) is 6.08. The van der Waals surface area contributed by atoms with Crippen molar-refractivity contribution in [2.24, 2.45) is 0 Å². The topological polar surface area (TPSA) is 77.2 Å². The Labute approximate surface area is 111 Å². The monoisotopic (exact) mass is 259 g/mol. The van der Waals surface area contributed by atoms with Crippen LogP contribution in [0.15, 0.2) is 24.4 Å². The summed E-state index contributed by atoms with van der Waals surface area (Å²) in [5.41, 5.74) is 7.86. The predicted molar refractivity (Wildman–Crippen MR) is 76.0 cm³/mol. The van der Waals surface area contributed by atoms with Crippen molar-refractivity contribution in [2.75, 3.05) is 24.7 Å². The largest absolute Gasteiger partial charge is 0.469 e. The van der Waals surface area contributed by atoms with Gasteiger partial charge in [0.05, 0.1) is 13.5 Å². The number of nitrogen functional groups attached to an aromatic ring is 1. The first-order valence-electron chi connectivity index (χ1n) is 6.08. The lowest BCUT2D eigenvalue weighted by atomic mass is 10.1. The number of nitrogens with one attached hydrogen (secondary N) is 1. The number of nitrogens with zero attached hydrogens (tertiary/aromatic N) is 1. The van der Waals surface area contributed by atoms with Crippen LogP contribution in [0.4, 0.5) is 11.5 Å². The molecule has 5 nitrogen and oxygen atoms in total. The predicted octanol–water partition coefficient (Wildman–Crippen LogP) is 2.10. The number of carbonyl (C=O) groups excluding carboxylic acids is 1. The second kappa shape index (κ2) is 5.56. The van der Waals surface area contributed by atoms with Crippen LogP contribution in [0.1, 0.15) is 12.0 Å². The minimum atomic E-state index is -0.247. The van der Waals surface area contributed by atoms with Crippen LogP contribution < -0.4 is 11.1 Å². The van der Waals surface area contributed by atoms with E-state index in [1.807, 2.05) is 25.1 Å². The highest BCUT2D eigenvalue weighted by atomic mass is 16.5. The molecule has 0 radical (unpaired) electrons. The number of methoxy groups -OCH3 is 1. The number of aryl methyl sites for hydroxylation is 1. The zero-order valence-corrected chi connectivity index (χ0v) is 11.1. The van der Waals surface area contributed by atoms with E-state index < -0.39 is 0 Å². The Bertz CT molecular complexity index is 611. The maximum Gasteiger partial charge on any atom is 0.307 e. The van der Waals surface area contributed by atoms with Gasteiger partial charge in [-0.25, -0.2) is 4.98 Å². The van der Waals surface area contributed by atoms with Gasteiger partial charge in [0.1, 0.15) is 5.82 Å². The molecule has 1 aromatic carbocycles. The number of pyridine rings is 1. The van der Waals surface area contributed by atoms with Crippen molar-refractivity contribution in [3.8, 4) is 0 Å². The number of benzene rings is 1. The van der Waals surface area contributed by atoms with Crippen molar-refractivity contribution in [1.82, 2.24) is 4.98 Å². The minimum Gasteiger partial charge on any atom is -0.469 e. The number of hydrogen-bond acceptors (Lipinski definition) is 5.